The molecule has 2 aromatic carbocycles. The Hall–Kier alpha value is -2.04. The number of carbonyl (C=O) groups excluding carboxylic acids is 1. The van der Waals surface area contributed by atoms with E-state index < -0.39 is 0 Å². The third-order valence-corrected chi connectivity index (χ3v) is 5.47. The predicted molar refractivity (Wildman–Crippen MR) is 100 cm³/mol. The average Bonchev–Trinajstić information content (AvgIpc) is 3.13. The summed E-state index contributed by atoms with van der Waals surface area (Å²) >= 11 is 6.46. The van der Waals surface area contributed by atoms with Crippen molar-refractivity contribution in [2.75, 3.05) is 24.6 Å². The smallest absolute Gasteiger partial charge is 0.265 e. The standard InChI is InChI=1S/C20H21ClN2O2/c1-13-4-2-6-16(20(13)21)14-7-8-17-18(10-14)25-12-19(24)23(17)11-15-5-3-9-22-15/h2,4,6-8,10,15,22H,3,5,9,11-12H2,1H3/t15-/m1/s1. The Labute approximate surface area is 152 Å². The number of hydrogen-bond donors (Lipinski definition) is 1. The molecule has 25 heavy (non-hydrogen) atoms. The summed E-state index contributed by atoms with van der Waals surface area (Å²) in [5.74, 6) is 0.759. The highest BCUT2D eigenvalue weighted by Crippen LogP contribution is 2.38. The van der Waals surface area contributed by atoms with Crippen molar-refractivity contribution in [3.63, 3.8) is 0 Å². The fraction of sp³-hybridized carbons (Fsp3) is 0.350. The number of anilines is 1. The normalized spacial score (nSPS) is 19.7. The SMILES string of the molecule is Cc1cccc(-c2ccc3c(c2)OCC(=O)N3C[C@H]2CCCN2)c1Cl. The molecule has 2 heterocycles. The number of nitrogens with one attached hydrogen (secondary N) is 1. The van der Waals surface area contributed by atoms with Gasteiger partial charge in [0, 0.05) is 18.2 Å². The molecule has 1 atom stereocenters. The van der Waals surface area contributed by atoms with E-state index in [1.165, 1.54) is 6.42 Å². The lowest BCUT2D eigenvalue weighted by atomic mass is 10.0. The zero-order valence-corrected chi connectivity index (χ0v) is 15.0. The summed E-state index contributed by atoms with van der Waals surface area (Å²) < 4.78 is 5.71. The van der Waals surface area contributed by atoms with Crippen LogP contribution in [0.2, 0.25) is 5.02 Å². The van der Waals surface area contributed by atoms with Crippen molar-refractivity contribution in [3.8, 4) is 16.9 Å². The number of aryl methyl sites for hydroxylation is 1. The highest BCUT2D eigenvalue weighted by molar-refractivity contribution is 6.34. The van der Waals surface area contributed by atoms with Gasteiger partial charge in [0.25, 0.3) is 5.91 Å². The van der Waals surface area contributed by atoms with E-state index in [4.69, 9.17) is 16.3 Å². The van der Waals surface area contributed by atoms with Gasteiger partial charge in [-0.15, -0.1) is 0 Å². The maximum absolute atomic E-state index is 12.4. The van der Waals surface area contributed by atoms with Crippen molar-refractivity contribution in [2.45, 2.75) is 25.8 Å². The number of nitrogens with zero attached hydrogens (tertiary/aromatic N) is 1. The second-order valence-electron chi connectivity index (χ2n) is 6.71. The number of benzene rings is 2. The molecule has 0 aromatic heterocycles. The van der Waals surface area contributed by atoms with E-state index in [2.05, 4.69) is 5.32 Å². The van der Waals surface area contributed by atoms with Crippen molar-refractivity contribution in [1.29, 1.82) is 0 Å². The Morgan fingerprint density at radius 1 is 1.32 bits per heavy atom. The summed E-state index contributed by atoms with van der Waals surface area (Å²) in [5, 5.41) is 4.21. The van der Waals surface area contributed by atoms with Crippen LogP contribution in [0.25, 0.3) is 11.1 Å². The second kappa shape index (κ2) is 6.70. The minimum atomic E-state index is 0.0162. The molecule has 0 saturated carbocycles. The van der Waals surface area contributed by atoms with Gasteiger partial charge >= 0.3 is 0 Å². The summed E-state index contributed by atoms with van der Waals surface area (Å²) in [6.45, 7) is 3.81. The van der Waals surface area contributed by atoms with Gasteiger partial charge < -0.3 is 15.0 Å². The minimum Gasteiger partial charge on any atom is -0.482 e. The lowest BCUT2D eigenvalue weighted by Crippen LogP contribution is -2.45. The van der Waals surface area contributed by atoms with Crippen LogP contribution in [0.1, 0.15) is 18.4 Å². The Bertz CT molecular complexity index is 815. The van der Waals surface area contributed by atoms with Gasteiger partial charge in [-0.25, -0.2) is 0 Å². The van der Waals surface area contributed by atoms with Crippen molar-refractivity contribution >= 4 is 23.2 Å². The molecule has 0 bridgehead atoms. The van der Waals surface area contributed by atoms with Crippen LogP contribution in [0.5, 0.6) is 5.75 Å². The molecule has 2 aliphatic rings. The molecule has 4 rings (SSSR count). The van der Waals surface area contributed by atoms with Crippen molar-refractivity contribution < 1.29 is 9.53 Å². The number of carbonyl (C=O) groups is 1. The van der Waals surface area contributed by atoms with E-state index in [1.54, 1.807) is 0 Å². The van der Waals surface area contributed by atoms with Gasteiger partial charge in [-0.2, -0.15) is 0 Å². The van der Waals surface area contributed by atoms with Crippen LogP contribution in [0.3, 0.4) is 0 Å². The zero-order valence-electron chi connectivity index (χ0n) is 14.2. The topological polar surface area (TPSA) is 41.6 Å². The maximum atomic E-state index is 12.4. The molecule has 1 fully saturated rings. The molecule has 0 unspecified atom stereocenters. The first-order valence-corrected chi connectivity index (χ1v) is 9.07. The molecule has 2 aliphatic heterocycles. The molecule has 1 N–H and O–H groups in total. The van der Waals surface area contributed by atoms with E-state index >= 15 is 0 Å². The highest BCUT2D eigenvalue weighted by Gasteiger charge is 2.29. The van der Waals surface area contributed by atoms with Crippen LogP contribution in [-0.2, 0) is 4.79 Å². The first-order chi connectivity index (χ1) is 12.1. The van der Waals surface area contributed by atoms with E-state index in [1.807, 2.05) is 48.2 Å². The van der Waals surface area contributed by atoms with Gasteiger partial charge in [-0.05, 0) is 49.6 Å². The largest absolute Gasteiger partial charge is 0.482 e. The summed E-state index contributed by atoms with van der Waals surface area (Å²) in [6, 6.07) is 12.3. The molecule has 5 heteroatoms. The van der Waals surface area contributed by atoms with Crippen LogP contribution >= 0.6 is 11.6 Å². The van der Waals surface area contributed by atoms with Crippen molar-refractivity contribution in [2.24, 2.45) is 0 Å². The Balaban J connectivity index is 1.68. The van der Waals surface area contributed by atoms with Crippen LogP contribution in [-0.4, -0.2) is 31.6 Å². The van der Waals surface area contributed by atoms with Gasteiger partial charge in [-0.3, -0.25) is 4.79 Å². The Morgan fingerprint density at radius 3 is 3.00 bits per heavy atom. The molecule has 0 spiro atoms. The predicted octanol–water partition coefficient (Wildman–Crippen LogP) is 3.79. The monoisotopic (exact) mass is 356 g/mol. The molecule has 0 aliphatic carbocycles. The number of amides is 1. The Morgan fingerprint density at radius 2 is 2.20 bits per heavy atom. The highest BCUT2D eigenvalue weighted by atomic mass is 35.5. The number of rotatable bonds is 3. The number of hydrogen-bond acceptors (Lipinski definition) is 3. The maximum Gasteiger partial charge on any atom is 0.265 e. The second-order valence-corrected chi connectivity index (χ2v) is 7.08. The van der Waals surface area contributed by atoms with Crippen LogP contribution in [0.4, 0.5) is 5.69 Å². The number of halogens is 1. The Kier molecular flexibility index (Phi) is 4.40. The molecule has 130 valence electrons. The molecule has 0 radical (unpaired) electrons. The molecular weight excluding hydrogens is 336 g/mol. The molecule has 2 aromatic rings. The lowest BCUT2D eigenvalue weighted by Gasteiger charge is -2.31. The summed E-state index contributed by atoms with van der Waals surface area (Å²) in [7, 11) is 0. The molecule has 4 nitrogen and oxygen atoms in total. The summed E-state index contributed by atoms with van der Waals surface area (Å²) in [4.78, 5) is 14.2. The fourth-order valence-electron chi connectivity index (χ4n) is 3.58. The third-order valence-electron chi connectivity index (χ3n) is 4.97. The van der Waals surface area contributed by atoms with Gasteiger partial charge in [0.1, 0.15) is 5.75 Å². The molecule has 1 amide bonds. The van der Waals surface area contributed by atoms with Gasteiger partial charge in [-0.1, -0.05) is 35.9 Å². The van der Waals surface area contributed by atoms with Crippen LogP contribution in [0, 0.1) is 6.92 Å². The van der Waals surface area contributed by atoms with Crippen molar-refractivity contribution in [1.82, 2.24) is 5.32 Å². The fourth-order valence-corrected chi connectivity index (χ4v) is 3.81. The minimum absolute atomic E-state index is 0.0162. The number of ether oxygens (including phenoxy) is 1. The first kappa shape index (κ1) is 16.4. The van der Waals surface area contributed by atoms with E-state index in [0.29, 0.717) is 12.6 Å². The average molecular weight is 357 g/mol. The quantitative estimate of drug-likeness (QED) is 0.909. The van der Waals surface area contributed by atoms with Gasteiger partial charge in [0.2, 0.25) is 0 Å². The summed E-state index contributed by atoms with van der Waals surface area (Å²) in [5.41, 5.74) is 3.87. The van der Waals surface area contributed by atoms with E-state index in [-0.39, 0.29) is 12.5 Å². The third kappa shape index (κ3) is 3.12. The van der Waals surface area contributed by atoms with E-state index in [9.17, 15) is 4.79 Å². The lowest BCUT2D eigenvalue weighted by molar-refractivity contribution is -0.121. The van der Waals surface area contributed by atoms with E-state index in [0.717, 1.165) is 46.1 Å². The zero-order chi connectivity index (χ0) is 17.4. The molecule has 1 saturated heterocycles. The van der Waals surface area contributed by atoms with Gasteiger partial charge in [0.15, 0.2) is 6.61 Å². The van der Waals surface area contributed by atoms with Crippen LogP contribution < -0.4 is 15.0 Å². The molecular formula is C20H21ClN2O2. The van der Waals surface area contributed by atoms with Gasteiger partial charge in [0.05, 0.1) is 10.7 Å². The number of fused-ring (bicyclic) bond motifs is 1. The first-order valence-electron chi connectivity index (χ1n) is 8.69. The van der Waals surface area contributed by atoms with Crippen LogP contribution in [0.15, 0.2) is 36.4 Å². The summed E-state index contributed by atoms with van der Waals surface area (Å²) in [6.07, 6.45) is 2.28. The van der Waals surface area contributed by atoms with Crippen molar-refractivity contribution in [3.05, 3.63) is 47.0 Å².